The molecule has 20 heavy (non-hydrogen) atoms. The third-order valence-electron chi connectivity index (χ3n) is 2.45. The molecule has 1 saturated heterocycles. The van der Waals surface area contributed by atoms with Crippen LogP contribution in [-0.2, 0) is 19.1 Å². The number of hydrogen-bond donors (Lipinski definition) is 0. The highest BCUT2D eigenvalue weighted by atomic mass is 19.1. The summed E-state index contributed by atoms with van der Waals surface area (Å²) in [5, 5.41) is 0. The molecule has 1 aromatic rings. The predicted molar refractivity (Wildman–Crippen MR) is 60.6 cm³/mol. The molecule has 1 aliphatic rings. The minimum absolute atomic E-state index is 0.429. The molecule has 0 bridgehead atoms. The molecule has 0 saturated carbocycles. The first kappa shape index (κ1) is 14.1. The molecule has 0 aromatic heterocycles. The number of ether oxygens (including phenoxy) is 2. The van der Waals surface area contributed by atoms with Crippen molar-refractivity contribution < 1.29 is 32.2 Å². The van der Waals surface area contributed by atoms with Gasteiger partial charge in [0.15, 0.2) is 0 Å². The Labute approximate surface area is 111 Å². The highest BCUT2D eigenvalue weighted by Gasteiger charge is 2.39. The van der Waals surface area contributed by atoms with E-state index in [1.807, 2.05) is 0 Å². The van der Waals surface area contributed by atoms with E-state index >= 15 is 0 Å². The monoisotopic (exact) mass is 286 g/mol. The fraction of sp³-hybridized carbons (Fsp3) is 0.231. The van der Waals surface area contributed by atoms with Gasteiger partial charge in [-0.25, -0.2) is 22.8 Å². The predicted octanol–water partition coefficient (Wildman–Crippen LogP) is 2.32. The van der Waals surface area contributed by atoms with E-state index < -0.39 is 46.3 Å². The van der Waals surface area contributed by atoms with Crippen LogP contribution < -0.4 is 0 Å². The largest absolute Gasteiger partial charge is 0.419 e. The molecule has 2 rings (SSSR count). The average molecular weight is 286 g/mol. The topological polar surface area (TPSA) is 52.6 Å². The first-order valence-electron chi connectivity index (χ1n) is 5.52. The molecule has 0 amide bonds. The molecular weight excluding hydrogens is 277 g/mol. The van der Waals surface area contributed by atoms with Crippen LogP contribution in [0.25, 0.3) is 6.08 Å². The zero-order valence-corrected chi connectivity index (χ0v) is 10.5. The van der Waals surface area contributed by atoms with Gasteiger partial charge >= 0.3 is 11.9 Å². The van der Waals surface area contributed by atoms with Gasteiger partial charge in [-0.15, -0.1) is 0 Å². The Morgan fingerprint density at radius 3 is 1.90 bits per heavy atom. The van der Waals surface area contributed by atoms with Gasteiger partial charge in [-0.3, -0.25) is 0 Å². The standard InChI is InChI=1S/C13H9F3O4/c1-13(2)19-11(17)8(12(18)20-13)5-7-9(15)3-6(14)4-10(7)16/h3-5H,1-2H3. The van der Waals surface area contributed by atoms with Crippen LogP contribution in [0.4, 0.5) is 13.2 Å². The number of cyclic esters (lactones) is 2. The van der Waals surface area contributed by atoms with Crippen molar-refractivity contribution in [2.45, 2.75) is 19.6 Å². The lowest BCUT2D eigenvalue weighted by molar-refractivity contribution is -0.222. The molecule has 1 fully saturated rings. The lowest BCUT2D eigenvalue weighted by atomic mass is 10.1. The van der Waals surface area contributed by atoms with E-state index in [2.05, 4.69) is 0 Å². The summed E-state index contributed by atoms with van der Waals surface area (Å²) >= 11 is 0. The molecule has 1 aliphatic heterocycles. The smallest absolute Gasteiger partial charge is 0.348 e. The summed E-state index contributed by atoms with van der Waals surface area (Å²) in [4.78, 5) is 23.2. The fourth-order valence-electron chi connectivity index (χ4n) is 1.61. The number of rotatable bonds is 1. The van der Waals surface area contributed by atoms with Crippen LogP contribution in [0, 0.1) is 17.5 Å². The quantitative estimate of drug-likeness (QED) is 0.451. The fourth-order valence-corrected chi connectivity index (χ4v) is 1.61. The molecule has 106 valence electrons. The van der Waals surface area contributed by atoms with Gasteiger partial charge in [0.25, 0.3) is 5.79 Å². The first-order valence-corrected chi connectivity index (χ1v) is 5.52. The van der Waals surface area contributed by atoms with Crippen molar-refractivity contribution in [2.24, 2.45) is 0 Å². The van der Waals surface area contributed by atoms with Crippen molar-refractivity contribution in [3.8, 4) is 0 Å². The SMILES string of the molecule is CC1(C)OC(=O)C(=Cc2c(F)cc(F)cc2F)C(=O)O1. The molecule has 0 atom stereocenters. The maximum atomic E-state index is 13.4. The number of halogens is 3. The lowest BCUT2D eigenvalue weighted by Gasteiger charge is -2.29. The molecule has 0 radical (unpaired) electrons. The second-order valence-electron chi connectivity index (χ2n) is 4.52. The number of carbonyl (C=O) groups excluding carboxylic acids is 2. The first-order chi connectivity index (χ1) is 9.19. The molecule has 0 unspecified atom stereocenters. The van der Waals surface area contributed by atoms with Gasteiger partial charge in [-0.2, -0.15) is 0 Å². The third-order valence-corrected chi connectivity index (χ3v) is 2.45. The van der Waals surface area contributed by atoms with Crippen LogP contribution in [0.15, 0.2) is 17.7 Å². The van der Waals surface area contributed by atoms with Crippen LogP contribution in [0.2, 0.25) is 0 Å². The Balaban J connectivity index is 2.46. The highest BCUT2D eigenvalue weighted by Crippen LogP contribution is 2.25. The Morgan fingerprint density at radius 2 is 1.45 bits per heavy atom. The molecular formula is C13H9F3O4. The van der Waals surface area contributed by atoms with Crippen molar-refractivity contribution in [3.05, 3.63) is 40.7 Å². The minimum atomic E-state index is -1.45. The average Bonchev–Trinajstić information content (AvgIpc) is 2.24. The van der Waals surface area contributed by atoms with E-state index in [1.165, 1.54) is 13.8 Å². The van der Waals surface area contributed by atoms with Gasteiger partial charge < -0.3 is 9.47 Å². The second-order valence-corrected chi connectivity index (χ2v) is 4.52. The lowest BCUT2D eigenvalue weighted by Crippen LogP contribution is -2.41. The van der Waals surface area contributed by atoms with Gasteiger partial charge in [0, 0.05) is 31.5 Å². The molecule has 1 aromatic carbocycles. The number of esters is 2. The maximum Gasteiger partial charge on any atom is 0.348 e. The highest BCUT2D eigenvalue weighted by molar-refractivity contribution is 6.18. The Bertz CT molecular complexity index is 589. The van der Waals surface area contributed by atoms with Crippen molar-refractivity contribution in [1.82, 2.24) is 0 Å². The zero-order chi connectivity index (χ0) is 15.1. The molecule has 0 N–H and O–H groups in total. The minimum Gasteiger partial charge on any atom is -0.419 e. The summed E-state index contributed by atoms with van der Waals surface area (Å²) in [7, 11) is 0. The molecule has 1 heterocycles. The summed E-state index contributed by atoms with van der Waals surface area (Å²) in [5.74, 6) is -7.22. The van der Waals surface area contributed by atoms with Crippen LogP contribution in [0.1, 0.15) is 19.4 Å². The van der Waals surface area contributed by atoms with E-state index in [9.17, 15) is 22.8 Å². The number of carbonyl (C=O) groups is 2. The van der Waals surface area contributed by atoms with Crippen molar-refractivity contribution in [2.75, 3.05) is 0 Å². The van der Waals surface area contributed by atoms with Gasteiger partial charge in [0.2, 0.25) is 0 Å². The summed E-state index contributed by atoms with van der Waals surface area (Å²) in [5.41, 5.74) is -1.40. The molecule has 0 aliphatic carbocycles. The normalized spacial score (nSPS) is 17.6. The van der Waals surface area contributed by atoms with E-state index in [0.29, 0.717) is 18.2 Å². The third kappa shape index (κ3) is 2.66. The van der Waals surface area contributed by atoms with E-state index in [4.69, 9.17) is 9.47 Å². The Morgan fingerprint density at radius 1 is 1.00 bits per heavy atom. The van der Waals surface area contributed by atoms with Crippen LogP contribution >= 0.6 is 0 Å². The number of hydrogen-bond acceptors (Lipinski definition) is 4. The molecule has 7 heteroatoms. The van der Waals surface area contributed by atoms with Gasteiger partial charge in [-0.05, 0) is 6.08 Å². The molecule has 0 spiro atoms. The van der Waals surface area contributed by atoms with Crippen LogP contribution in [0.3, 0.4) is 0 Å². The van der Waals surface area contributed by atoms with Crippen molar-refractivity contribution in [1.29, 1.82) is 0 Å². The summed E-state index contributed by atoms with van der Waals surface area (Å²) in [6, 6.07) is 0.859. The Kier molecular flexibility index (Phi) is 3.29. The second kappa shape index (κ2) is 4.66. The number of benzene rings is 1. The van der Waals surface area contributed by atoms with Crippen molar-refractivity contribution >= 4 is 18.0 Å². The van der Waals surface area contributed by atoms with Crippen LogP contribution in [-0.4, -0.2) is 17.7 Å². The van der Waals surface area contributed by atoms with Gasteiger partial charge in [0.05, 0.1) is 0 Å². The van der Waals surface area contributed by atoms with Gasteiger partial charge in [-0.1, -0.05) is 0 Å². The zero-order valence-electron chi connectivity index (χ0n) is 10.5. The van der Waals surface area contributed by atoms with E-state index in [-0.39, 0.29) is 0 Å². The van der Waals surface area contributed by atoms with E-state index in [1.54, 1.807) is 0 Å². The van der Waals surface area contributed by atoms with Crippen LogP contribution in [0.5, 0.6) is 0 Å². The Hall–Kier alpha value is -2.31. The maximum absolute atomic E-state index is 13.4. The summed E-state index contributed by atoms with van der Waals surface area (Å²) in [6.45, 7) is 2.66. The molecule has 4 nitrogen and oxygen atoms in total. The van der Waals surface area contributed by atoms with Gasteiger partial charge in [0.1, 0.15) is 23.0 Å². The summed E-state index contributed by atoms with van der Waals surface area (Å²) in [6.07, 6.45) is 0.629. The van der Waals surface area contributed by atoms with E-state index in [0.717, 1.165) is 0 Å². The van der Waals surface area contributed by atoms with Crippen molar-refractivity contribution in [3.63, 3.8) is 0 Å². The summed E-state index contributed by atoms with van der Waals surface area (Å²) < 4.78 is 49.2.